The predicted molar refractivity (Wildman–Crippen MR) is 83.7 cm³/mol. The zero-order chi connectivity index (χ0) is 14.9. The second kappa shape index (κ2) is 5.52. The highest BCUT2D eigenvalue weighted by Gasteiger charge is 2.20. The van der Waals surface area contributed by atoms with Crippen LogP contribution in [0.25, 0.3) is 0 Å². The highest BCUT2D eigenvalue weighted by Crippen LogP contribution is 2.24. The molecule has 20 heavy (non-hydrogen) atoms. The predicted octanol–water partition coefficient (Wildman–Crippen LogP) is 2.91. The van der Waals surface area contributed by atoms with Gasteiger partial charge in [0.05, 0.1) is 6.54 Å². The molecule has 6 heteroatoms. The van der Waals surface area contributed by atoms with Crippen LogP contribution in [0, 0.1) is 0 Å². The van der Waals surface area contributed by atoms with Crippen molar-refractivity contribution in [2.24, 2.45) is 7.05 Å². The molecule has 2 aromatic rings. The SMILES string of the molecule is CN(Cc1nccn1C)c1cc(Br)nc(C(C)(C)C)n1. The lowest BCUT2D eigenvalue weighted by atomic mass is 9.96. The average Bonchev–Trinajstić information content (AvgIpc) is 2.73. The van der Waals surface area contributed by atoms with Crippen LogP contribution in [0.3, 0.4) is 0 Å². The largest absolute Gasteiger partial charge is 0.352 e. The van der Waals surface area contributed by atoms with Crippen LogP contribution < -0.4 is 4.90 Å². The Bertz CT molecular complexity index is 600. The minimum Gasteiger partial charge on any atom is -0.352 e. The molecular formula is C14H20BrN5. The first-order valence-corrected chi connectivity index (χ1v) is 7.29. The Morgan fingerprint density at radius 1 is 1.30 bits per heavy atom. The summed E-state index contributed by atoms with van der Waals surface area (Å²) in [5.41, 5.74) is -0.0808. The van der Waals surface area contributed by atoms with Crippen LogP contribution in [-0.4, -0.2) is 26.6 Å². The fourth-order valence-corrected chi connectivity index (χ4v) is 2.15. The topological polar surface area (TPSA) is 46.8 Å². The molecule has 0 spiro atoms. The smallest absolute Gasteiger partial charge is 0.137 e. The number of halogens is 1. The van der Waals surface area contributed by atoms with E-state index in [9.17, 15) is 0 Å². The van der Waals surface area contributed by atoms with Gasteiger partial charge in [-0.05, 0) is 15.9 Å². The lowest BCUT2D eigenvalue weighted by Crippen LogP contribution is -2.23. The molecule has 0 saturated carbocycles. The lowest BCUT2D eigenvalue weighted by Gasteiger charge is -2.22. The van der Waals surface area contributed by atoms with E-state index in [0.29, 0.717) is 6.54 Å². The first kappa shape index (κ1) is 15.0. The molecule has 108 valence electrons. The highest BCUT2D eigenvalue weighted by molar-refractivity contribution is 9.10. The van der Waals surface area contributed by atoms with Gasteiger partial charge in [0, 0.05) is 38.0 Å². The molecule has 0 fully saturated rings. The Labute approximate surface area is 128 Å². The Kier molecular flexibility index (Phi) is 4.13. The van der Waals surface area contributed by atoms with Crippen molar-refractivity contribution in [1.82, 2.24) is 19.5 Å². The first-order chi connectivity index (χ1) is 9.27. The fraction of sp³-hybridized carbons (Fsp3) is 0.500. The molecule has 0 radical (unpaired) electrons. The monoisotopic (exact) mass is 337 g/mol. The summed E-state index contributed by atoms with van der Waals surface area (Å²) in [6, 6.07) is 1.93. The van der Waals surface area contributed by atoms with Crippen LogP contribution in [0.2, 0.25) is 0 Å². The van der Waals surface area contributed by atoms with Crippen molar-refractivity contribution < 1.29 is 0 Å². The summed E-state index contributed by atoms with van der Waals surface area (Å²) in [5.74, 6) is 2.72. The number of aryl methyl sites for hydroxylation is 1. The molecule has 0 aromatic carbocycles. The van der Waals surface area contributed by atoms with E-state index in [1.165, 1.54) is 0 Å². The molecule has 2 rings (SSSR count). The summed E-state index contributed by atoms with van der Waals surface area (Å²) < 4.78 is 2.82. The number of hydrogen-bond acceptors (Lipinski definition) is 4. The first-order valence-electron chi connectivity index (χ1n) is 6.50. The number of imidazole rings is 1. The van der Waals surface area contributed by atoms with Crippen LogP contribution in [0.4, 0.5) is 5.82 Å². The van der Waals surface area contributed by atoms with Gasteiger partial charge >= 0.3 is 0 Å². The quantitative estimate of drug-likeness (QED) is 0.808. The molecule has 0 aliphatic rings. The number of rotatable bonds is 3. The molecule has 0 amide bonds. The maximum absolute atomic E-state index is 4.66. The van der Waals surface area contributed by atoms with Gasteiger partial charge < -0.3 is 9.47 Å². The minimum absolute atomic E-state index is 0.0808. The number of nitrogens with zero attached hydrogens (tertiary/aromatic N) is 5. The van der Waals surface area contributed by atoms with Crippen LogP contribution in [-0.2, 0) is 19.0 Å². The molecule has 2 aromatic heterocycles. The average molecular weight is 338 g/mol. The Balaban J connectivity index is 2.28. The van der Waals surface area contributed by atoms with Gasteiger partial charge in [0.2, 0.25) is 0 Å². The van der Waals surface area contributed by atoms with Gasteiger partial charge in [-0.1, -0.05) is 20.8 Å². The molecule has 0 atom stereocenters. The van der Waals surface area contributed by atoms with Crippen LogP contribution in [0.15, 0.2) is 23.1 Å². The van der Waals surface area contributed by atoms with E-state index >= 15 is 0 Å². The van der Waals surface area contributed by atoms with Crippen LogP contribution >= 0.6 is 15.9 Å². The van der Waals surface area contributed by atoms with Crippen molar-refractivity contribution in [2.45, 2.75) is 32.7 Å². The third-order valence-electron chi connectivity index (χ3n) is 3.04. The Morgan fingerprint density at radius 3 is 2.55 bits per heavy atom. The summed E-state index contributed by atoms with van der Waals surface area (Å²) in [6.07, 6.45) is 3.75. The maximum atomic E-state index is 4.66. The summed E-state index contributed by atoms with van der Waals surface area (Å²) in [7, 11) is 4.00. The molecule has 0 unspecified atom stereocenters. The van der Waals surface area contributed by atoms with Gasteiger partial charge in [-0.15, -0.1) is 0 Å². The molecular weight excluding hydrogens is 318 g/mol. The lowest BCUT2D eigenvalue weighted by molar-refractivity contribution is 0.542. The van der Waals surface area contributed by atoms with Crippen molar-refractivity contribution in [3.8, 4) is 0 Å². The standard InChI is InChI=1S/C14H20BrN5/c1-14(2,3)13-17-10(15)8-11(18-13)20(5)9-12-16-6-7-19(12)4/h6-8H,9H2,1-5H3. The summed E-state index contributed by atoms with van der Waals surface area (Å²) in [4.78, 5) is 15.5. The summed E-state index contributed by atoms with van der Waals surface area (Å²) >= 11 is 3.47. The number of hydrogen-bond donors (Lipinski definition) is 0. The van der Waals surface area contributed by atoms with E-state index in [1.54, 1.807) is 6.20 Å². The van der Waals surface area contributed by atoms with Gasteiger partial charge in [-0.25, -0.2) is 15.0 Å². The van der Waals surface area contributed by atoms with Gasteiger partial charge in [0.1, 0.15) is 22.1 Å². The van der Waals surface area contributed by atoms with Crippen molar-refractivity contribution in [3.63, 3.8) is 0 Å². The van der Waals surface area contributed by atoms with E-state index in [-0.39, 0.29) is 5.41 Å². The van der Waals surface area contributed by atoms with Crippen molar-refractivity contribution in [1.29, 1.82) is 0 Å². The Hall–Kier alpha value is -1.43. The van der Waals surface area contributed by atoms with E-state index in [0.717, 1.165) is 22.1 Å². The normalized spacial score (nSPS) is 11.7. The maximum Gasteiger partial charge on any atom is 0.137 e. The molecule has 0 aliphatic carbocycles. The van der Waals surface area contributed by atoms with Gasteiger partial charge in [-0.2, -0.15) is 0 Å². The third-order valence-corrected chi connectivity index (χ3v) is 3.45. The molecule has 2 heterocycles. The van der Waals surface area contributed by atoms with Crippen molar-refractivity contribution >= 4 is 21.7 Å². The van der Waals surface area contributed by atoms with Crippen molar-refractivity contribution in [3.05, 3.63) is 34.7 Å². The van der Waals surface area contributed by atoms with Gasteiger partial charge in [0.25, 0.3) is 0 Å². The van der Waals surface area contributed by atoms with E-state index in [4.69, 9.17) is 0 Å². The Morgan fingerprint density at radius 2 is 2.00 bits per heavy atom. The molecule has 0 saturated heterocycles. The second-order valence-electron chi connectivity index (χ2n) is 5.93. The molecule has 5 nitrogen and oxygen atoms in total. The van der Waals surface area contributed by atoms with Crippen LogP contribution in [0.1, 0.15) is 32.4 Å². The number of aromatic nitrogens is 4. The zero-order valence-electron chi connectivity index (χ0n) is 12.6. The highest BCUT2D eigenvalue weighted by atomic mass is 79.9. The second-order valence-corrected chi connectivity index (χ2v) is 6.75. The van der Waals surface area contributed by atoms with E-state index in [2.05, 4.69) is 56.6 Å². The molecule has 0 bridgehead atoms. The van der Waals surface area contributed by atoms with Crippen LogP contribution in [0.5, 0.6) is 0 Å². The zero-order valence-corrected chi connectivity index (χ0v) is 14.1. The third kappa shape index (κ3) is 3.36. The fourth-order valence-electron chi connectivity index (χ4n) is 1.78. The van der Waals surface area contributed by atoms with Gasteiger partial charge in [-0.3, -0.25) is 0 Å². The van der Waals surface area contributed by atoms with Gasteiger partial charge in [0.15, 0.2) is 0 Å². The number of anilines is 1. The summed E-state index contributed by atoms with van der Waals surface area (Å²) in [5, 5.41) is 0. The van der Waals surface area contributed by atoms with E-state index in [1.807, 2.05) is 30.9 Å². The minimum atomic E-state index is -0.0808. The van der Waals surface area contributed by atoms with Crippen molar-refractivity contribution in [2.75, 3.05) is 11.9 Å². The molecule has 0 N–H and O–H groups in total. The van der Waals surface area contributed by atoms with E-state index < -0.39 is 0 Å². The molecule has 0 aliphatic heterocycles. The summed E-state index contributed by atoms with van der Waals surface area (Å²) in [6.45, 7) is 7.03.